The number of carbonyl (C=O) groups excluding carboxylic acids is 2. The lowest BCUT2D eigenvalue weighted by molar-refractivity contribution is 0.0734. The van der Waals surface area contributed by atoms with Crippen molar-refractivity contribution in [1.29, 1.82) is 0 Å². The van der Waals surface area contributed by atoms with Crippen LogP contribution in [-0.4, -0.2) is 42.7 Å². The first-order valence-electron chi connectivity index (χ1n) is 15.2. The summed E-state index contributed by atoms with van der Waals surface area (Å²) >= 11 is 0. The first-order valence-corrected chi connectivity index (χ1v) is 15.2. The molecule has 3 aromatic rings. The second kappa shape index (κ2) is 14.7. The van der Waals surface area contributed by atoms with Crippen molar-refractivity contribution in [3.8, 4) is 17.2 Å². The maximum Gasteiger partial charge on any atom is 0.343 e. The van der Waals surface area contributed by atoms with Gasteiger partial charge in [-0.25, -0.2) is 4.79 Å². The number of carbonyl (C=O) groups is 2. The zero-order valence-electron chi connectivity index (χ0n) is 27.0. The van der Waals surface area contributed by atoms with Gasteiger partial charge in [-0.1, -0.05) is 41.0 Å². The van der Waals surface area contributed by atoms with Crippen LogP contribution in [0.5, 0.6) is 17.2 Å². The zero-order valence-corrected chi connectivity index (χ0v) is 27.0. The standard InChI is InChI=1S/C37H43N3O5/c1-24(2)10-7-11-25(3)12-8-13-26(4)20-21-40-31-22-29(41)23-32(42)35(31)38-34-30(36(40)43)14-9-15-33(34)45-37(44)27-16-18-28(19-17-27)39(5)6/h9-10,12,14-20,22-23,38,41-42H,7-8,11,13,21H2,1-6H3/b25-12+,26-20+. The van der Waals surface area contributed by atoms with Gasteiger partial charge in [-0.2, -0.15) is 0 Å². The van der Waals surface area contributed by atoms with Crippen LogP contribution in [0, 0.1) is 0 Å². The normalized spacial score (nSPS) is 12.9. The number of esters is 1. The Bertz CT molecular complexity index is 1650. The molecule has 4 rings (SSSR count). The van der Waals surface area contributed by atoms with Crippen molar-refractivity contribution < 1.29 is 24.5 Å². The lowest BCUT2D eigenvalue weighted by Crippen LogP contribution is -2.30. The molecule has 3 N–H and O–H groups in total. The molecule has 236 valence electrons. The number of aromatic hydroxyl groups is 2. The van der Waals surface area contributed by atoms with Crippen LogP contribution in [0.2, 0.25) is 0 Å². The first kappa shape index (κ1) is 32.9. The smallest absolute Gasteiger partial charge is 0.343 e. The van der Waals surface area contributed by atoms with Crippen LogP contribution < -0.4 is 19.9 Å². The van der Waals surface area contributed by atoms with Gasteiger partial charge >= 0.3 is 5.97 Å². The Morgan fingerprint density at radius 3 is 2.22 bits per heavy atom. The van der Waals surface area contributed by atoms with Crippen LogP contribution in [0.1, 0.15) is 74.1 Å². The highest BCUT2D eigenvalue weighted by atomic mass is 16.5. The summed E-state index contributed by atoms with van der Waals surface area (Å²) in [5.74, 6) is -1.24. The van der Waals surface area contributed by atoms with Crippen LogP contribution in [0.15, 0.2) is 89.5 Å². The molecule has 0 spiro atoms. The molecule has 0 saturated carbocycles. The summed E-state index contributed by atoms with van der Waals surface area (Å²) in [7, 11) is 3.83. The van der Waals surface area contributed by atoms with E-state index < -0.39 is 5.97 Å². The summed E-state index contributed by atoms with van der Waals surface area (Å²) in [6.07, 6.45) is 10.3. The summed E-state index contributed by atoms with van der Waals surface area (Å²) in [5, 5.41) is 24.3. The molecule has 0 aromatic heterocycles. The predicted molar refractivity (Wildman–Crippen MR) is 182 cm³/mol. The maximum absolute atomic E-state index is 14.0. The lowest BCUT2D eigenvalue weighted by atomic mass is 10.1. The topological polar surface area (TPSA) is 102 Å². The molecule has 1 amide bonds. The molecule has 0 fully saturated rings. The average molecular weight is 610 g/mol. The molecule has 8 heteroatoms. The second-order valence-electron chi connectivity index (χ2n) is 11.9. The third kappa shape index (κ3) is 8.35. The van der Waals surface area contributed by atoms with Crippen LogP contribution in [-0.2, 0) is 0 Å². The highest BCUT2D eigenvalue weighted by molar-refractivity contribution is 6.15. The number of rotatable bonds is 11. The van der Waals surface area contributed by atoms with Gasteiger partial charge in [-0.3, -0.25) is 4.79 Å². The van der Waals surface area contributed by atoms with Crippen molar-refractivity contribution in [3.63, 3.8) is 0 Å². The molecule has 3 aromatic carbocycles. The Kier molecular flexibility index (Phi) is 10.7. The highest BCUT2D eigenvalue weighted by Crippen LogP contribution is 2.46. The molecule has 0 aliphatic carbocycles. The van der Waals surface area contributed by atoms with Crippen LogP contribution in [0.3, 0.4) is 0 Å². The molecule has 0 unspecified atom stereocenters. The van der Waals surface area contributed by atoms with Gasteiger partial charge in [0.15, 0.2) is 5.75 Å². The van der Waals surface area contributed by atoms with Gasteiger partial charge in [0.25, 0.3) is 5.91 Å². The molecule has 0 bridgehead atoms. The van der Waals surface area contributed by atoms with E-state index in [1.807, 2.05) is 44.1 Å². The van der Waals surface area contributed by atoms with E-state index in [0.29, 0.717) is 11.3 Å². The number of benzene rings is 3. The Balaban J connectivity index is 1.59. The van der Waals surface area contributed by atoms with Crippen molar-refractivity contribution >= 4 is 34.6 Å². The van der Waals surface area contributed by atoms with Crippen molar-refractivity contribution in [1.82, 2.24) is 0 Å². The predicted octanol–water partition coefficient (Wildman–Crippen LogP) is 8.51. The van der Waals surface area contributed by atoms with Crippen molar-refractivity contribution in [2.75, 3.05) is 35.8 Å². The fraction of sp³-hybridized carbons (Fsp3) is 0.297. The molecule has 8 nitrogen and oxygen atoms in total. The fourth-order valence-electron chi connectivity index (χ4n) is 5.06. The van der Waals surface area contributed by atoms with E-state index >= 15 is 0 Å². The quantitative estimate of drug-likeness (QED) is 0.0658. The number of nitrogens with one attached hydrogen (secondary N) is 1. The van der Waals surface area contributed by atoms with Gasteiger partial charge in [0.2, 0.25) is 0 Å². The number of phenolic OH excluding ortho intramolecular Hbond substituents is 2. The monoisotopic (exact) mass is 609 g/mol. The third-order valence-electron chi connectivity index (χ3n) is 7.69. The van der Waals surface area contributed by atoms with Crippen LogP contribution in [0.4, 0.5) is 22.7 Å². The van der Waals surface area contributed by atoms with E-state index in [-0.39, 0.29) is 46.6 Å². The largest absolute Gasteiger partial charge is 0.508 e. The van der Waals surface area contributed by atoms with E-state index in [1.54, 1.807) is 30.3 Å². The number of phenols is 2. The third-order valence-corrected chi connectivity index (χ3v) is 7.69. The number of nitrogens with zero attached hydrogens (tertiary/aromatic N) is 2. The Morgan fingerprint density at radius 2 is 1.56 bits per heavy atom. The van der Waals surface area contributed by atoms with Crippen molar-refractivity contribution in [2.24, 2.45) is 0 Å². The summed E-state index contributed by atoms with van der Waals surface area (Å²) in [6, 6.07) is 14.5. The SMILES string of the molecule is CC(C)=CCC/C(C)=C/CC/C(C)=C/CN1C(=O)c2cccc(OC(=O)c3ccc(N(C)C)cc3)c2Nc2c(O)cc(O)cc21. The number of amides is 1. The first-order chi connectivity index (χ1) is 21.4. The number of hydrogen-bond donors (Lipinski definition) is 3. The van der Waals surface area contributed by atoms with Gasteiger partial charge in [-0.15, -0.1) is 0 Å². The van der Waals surface area contributed by atoms with Gasteiger partial charge in [-0.05, 0) is 89.8 Å². The van der Waals surface area contributed by atoms with E-state index in [4.69, 9.17) is 4.74 Å². The summed E-state index contributed by atoms with van der Waals surface area (Å²) in [5.41, 5.74) is 6.13. The molecule has 0 saturated heterocycles. The Morgan fingerprint density at radius 1 is 0.889 bits per heavy atom. The zero-order chi connectivity index (χ0) is 32.7. The highest BCUT2D eigenvalue weighted by Gasteiger charge is 2.31. The molecule has 1 heterocycles. The molecular formula is C37H43N3O5. The minimum Gasteiger partial charge on any atom is -0.508 e. The van der Waals surface area contributed by atoms with E-state index in [0.717, 1.165) is 36.9 Å². The minimum absolute atomic E-state index is 0.140. The van der Waals surface area contributed by atoms with E-state index in [9.17, 15) is 19.8 Å². The van der Waals surface area contributed by atoms with Gasteiger partial charge in [0.1, 0.15) is 17.2 Å². The van der Waals surface area contributed by atoms with Crippen LogP contribution >= 0.6 is 0 Å². The van der Waals surface area contributed by atoms with Crippen LogP contribution in [0.25, 0.3) is 0 Å². The minimum atomic E-state index is -0.584. The maximum atomic E-state index is 14.0. The number of anilines is 4. The van der Waals surface area contributed by atoms with E-state index in [2.05, 4.69) is 38.2 Å². The summed E-state index contributed by atoms with van der Waals surface area (Å²) in [6.45, 7) is 8.62. The summed E-state index contributed by atoms with van der Waals surface area (Å²) in [4.78, 5) is 30.6. The summed E-state index contributed by atoms with van der Waals surface area (Å²) < 4.78 is 5.78. The number of ether oxygens (including phenoxy) is 1. The lowest BCUT2D eigenvalue weighted by Gasteiger charge is -2.22. The van der Waals surface area contributed by atoms with E-state index in [1.165, 1.54) is 28.2 Å². The van der Waals surface area contributed by atoms with Gasteiger partial charge in [0.05, 0.1) is 22.5 Å². The molecule has 0 radical (unpaired) electrons. The Labute approximate surface area is 265 Å². The average Bonchev–Trinajstić information content (AvgIpc) is 3.10. The molecular weight excluding hydrogens is 566 g/mol. The van der Waals surface area contributed by atoms with Gasteiger partial charge < -0.3 is 30.1 Å². The molecule has 1 aliphatic rings. The number of hydrogen-bond acceptors (Lipinski definition) is 7. The fourth-order valence-corrected chi connectivity index (χ4v) is 5.06. The van der Waals surface area contributed by atoms with Crippen molar-refractivity contribution in [2.45, 2.75) is 53.4 Å². The molecule has 1 aliphatic heterocycles. The number of fused-ring (bicyclic) bond motifs is 2. The Hall–Kier alpha value is -4.98. The number of allylic oxidation sites excluding steroid dienone is 5. The van der Waals surface area contributed by atoms with Gasteiger partial charge in [0, 0.05) is 38.5 Å². The van der Waals surface area contributed by atoms with Crippen molar-refractivity contribution in [3.05, 3.63) is 101 Å². The molecule has 0 atom stereocenters. The second-order valence-corrected chi connectivity index (χ2v) is 11.9. The molecule has 45 heavy (non-hydrogen) atoms. The number of para-hydroxylation sites is 1.